The number of ether oxygens (including phenoxy) is 2. The standard InChI is InChI=1S/C16H16FNO3/c1-2-20-16(19)14-8-7-13(18)9-15(14)21-10-11-3-5-12(17)6-4-11/h3-9H,2,10,18H2,1H3. The quantitative estimate of drug-likeness (QED) is 0.678. The fourth-order valence-corrected chi connectivity index (χ4v) is 1.78. The van der Waals surface area contributed by atoms with E-state index in [0.29, 0.717) is 17.0 Å². The number of halogens is 1. The number of rotatable bonds is 5. The average molecular weight is 289 g/mol. The van der Waals surface area contributed by atoms with E-state index in [9.17, 15) is 9.18 Å². The van der Waals surface area contributed by atoms with Crippen LogP contribution in [0.15, 0.2) is 42.5 Å². The van der Waals surface area contributed by atoms with Gasteiger partial charge in [-0.15, -0.1) is 0 Å². The SMILES string of the molecule is CCOC(=O)c1ccc(N)cc1OCc1ccc(F)cc1. The maximum absolute atomic E-state index is 12.8. The lowest BCUT2D eigenvalue weighted by Gasteiger charge is -2.11. The van der Waals surface area contributed by atoms with Gasteiger partial charge in [-0.1, -0.05) is 12.1 Å². The summed E-state index contributed by atoms with van der Waals surface area (Å²) in [6.07, 6.45) is 0. The van der Waals surface area contributed by atoms with Crippen LogP contribution in [0.3, 0.4) is 0 Å². The summed E-state index contributed by atoms with van der Waals surface area (Å²) in [4.78, 5) is 11.8. The number of nitrogen functional groups attached to an aromatic ring is 1. The molecule has 0 aliphatic rings. The van der Waals surface area contributed by atoms with Gasteiger partial charge in [-0.05, 0) is 36.8 Å². The molecule has 0 saturated heterocycles. The van der Waals surface area contributed by atoms with Crippen molar-refractivity contribution in [2.45, 2.75) is 13.5 Å². The number of benzene rings is 2. The molecule has 0 aromatic heterocycles. The molecule has 0 saturated carbocycles. The molecule has 5 heteroatoms. The van der Waals surface area contributed by atoms with E-state index in [1.165, 1.54) is 12.1 Å². The van der Waals surface area contributed by atoms with Crippen LogP contribution < -0.4 is 10.5 Å². The number of carbonyl (C=O) groups is 1. The summed E-state index contributed by atoms with van der Waals surface area (Å²) in [6, 6.07) is 10.7. The van der Waals surface area contributed by atoms with Crippen molar-refractivity contribution in [1.29, 1.82) is 0 Å². The second-order valence-corrected chi connectivity index (χ2v) is 4.39. The van der Waals surface area contributed by atoms with Crippen molar-refractivity contribution in [1.82, 2.24) is 0 Å². The van der Waals surface area contributed by atoms with Crippen LogP contribution in [0.4, 0.5) is 10.1 Å². The number of nitrogens with two attached hydrogens (primary N) is 1. The molecule has 0 heterocycles. The Labute approximate surface area is 122 Å². The minimum Gasteiger partial charge on any atom is -0.488 e. The van der Waals surface area contributed by atoms with Crippen LogP contribution in [0.1, 0.15) is 22.8 Å². The lowest BCUT2D eigenvalue weighted by atomic mass is 10.2. The highest BCUT2D eigenvalue weighted by atomic mass is 19.1. The van der Waals surface area contributed by atoms with Crippen molar-refractivity contribution in [3.63, 3.8) is 0 Å². The first-order valence-electron chi connectivity index (χ1n) is 6.54. The molecule has 0 amide bonds. The van der Waals surface area contributed by atoms with Crippen molar-refractivity contribution < 1.29 is 18.7 Å². The molecule has 0 fully saturated rings. The van der Waals surface area contributed by atoms with Crippen LogP contribution >= 0.6 is 0 Å². The zero-order chi connectivity index (χ0) is 15.2. The molecule has 2 rings (SSSR count). The molecule has 0 atom stereocenters. The van der Waals surface area contributed by atoms with Crippen LogP contribution in [0.2, 0.25) is 0 Å². The zero-order valence-corrected chi connectivity index (χ0v) is 11.6. The van der Waals surface area contributed by atoms with E-state index in [1.807, 2.05) is 0 Å². The summed E-state index contributed by atoms with van der Waals surface area (Å²) in [7, 11) is 0. The van der Waals surface area contributed by atoms with Gasteiger partial charge in [-0.25, -0.2) is 9.18 Å². The number of hydrogen-bond acceptors (Lipinski definition) is 4. The Morgan fingerprint density at radius 2 is 1.90 bits per heavy atom. The van der Waals surface area contributed by atoms with Gasteiger partial charge < -0.3 is 15.2 Å². The van der Waals surface area contributed by atoms with Gasteiger partial charge in [0.15, 0.2) is 0 Å². The van der Waals surface area contributed by atoms with Gasteiger partial charge in [0, 0.05) is 11.8 Å². The van der Waals surface area contributed by atoms with Crippen LogP contribution in [-0.2, 0) is 11.3 Å². The Kier molecular flexibility index (Phi) is 4.77. The molecule has 0 bridgehead atoms. The smallest absolute Gasteiger partial charge is 0.341 e. The molecule has 0 spiro atoms. The third-order valence-electron chi connectivity index (χ3n) is 2.81. The Morgan fingerprint density at radius 1 is 1.19 bits per heavy atom. The van der Waals surface area contributed by atoms with E-state index >= 15 is 0 Å². The van der Waals surface area contributed by atoms with Gasteiger partial charge in [0.2, 0.25) is 0 Å². The molecule has 2 aromatic rings. The number of anilines is 1. The van der Waals surface area contributed by atoms with Crippen molar-refractivity contribution in [3.8, 4) is 5.75 Å². The minimum atomic E-state index is -0.466. The fraction of sp³-hybridized carbons (Fsp3) is 0.188. The summed E-state index contributed by atoms with van der Waals surface area (Å²) in [6.45, 7) is 2.21. The second kappa shape index (κ2) is 6.74. The molecule has 21 heavy (non-hydrogen) atoms. The lowest BCUT2D eigenvalue weighted by Crippen LogP contribution is -2.08. The van der Waals surface area contributed by atoms with E-state index in [-0.39, 0.29) is 19.0 Å². The lowest BCUT2D eigenvalue weighted by molar-refractivity contribution is 0.0521. The number of hydrogen-bond donors (Lipinski definition) is 1. The maximum Gasteiger partial charge on any atom is 0.341 e. The van der Waals surface area contributed by atoms with E-state index in [1.54, 1.807) is 37.3 Å². The van der Waals surface area contributed by atoms with Gasteiger partial charge in [0.1, 0.15) is 23.7 Å². The van der Waals surface area contributed by atoms with Crippen molar-refractivity contribution >= 4 is 11.7 Å². The van der Waals surface area contributed by atoms with Gasteiger partial charge in [0.05, 0.1) is 6.61 Å². The van der Waals surface area contributed by atoms with E-state index in [2.05, 4.69) is 0 Å². The molecular weight excluding hydrogens is 273 g/mol. The highest BCUT2D eigenvalue weighted by Gasteiger charge is 2.14. The maximum atomic E-state index is 12.8. The molecule has 0 aliphatic heterocycles. The largest absolute Gasteiger partial charge is 0.488 e. The van der Waals surface area contributed by atoms with Crippen LogP contribution in [0.5, 0.6) is 5.75 Å². The summed E-state index contributed by atoms with van der Waals surface area (Å²) >= 11 is 0. The van der Waals surface area contributed by atoms with Crippen LogP contribution in [0, 0.1) is 5.82 Å². The number of esters is 1. The summed E-state index contributed by atoms with van der Waals surface area (Å²) < 4.78 is 23.4. The number of carbonyl (C=O) groups excluding carboxylic acids is 1. The summed E-state index contributed by atoms with van der Waals surface area (Å²) in [5.41, 5.74) is 7.29. The Bertz CT molecular complexity index is 626. The first-order valence-corrected chi connectivity index (χ1v) is 6.54. The van der Waals surface area contributed by atoms with E-state index in [4.69, 9.17) is 15.2 Å². The molecule has 0 unspecified atom stereocenters. The van der Waals surface area contributed by atoms with Gasteiger partial charge in [-0.2, -0.15) is 0 Å². The Hall–Kier alpha value is -2.56. The molecule has 4 nitrogen and oxygen atoms in total. The first kappa shape index (κ1) is 14.8. The molecule has 110 valence electrons. The van der Waals surface area contributed by atoms with Crippen molar-refractivity contribution in [3.05, 3.63) is 59.4 Å². The minimum absolute atomic E-state index is 0.205. The van der Waals surface area contributed by atoms with Gasteiger partial charge in [0.25, 0.3) is 0 Å². The predicted octanol–water partition coefficient (Wildman–Crippen LogP) is 3.16. The molecular formula is C16H16FNO3. The van der Waals surface area contributed by atoms with Crippen LogP contribution in [-0.4, -0.2) is 12.6 Å². The van der Waals surface area contributed by atoms with E-state index in [0.717, 1.165) is 5.56 Å². The Morgan fingerprint density at radius 3 is 2.57 bits per heavy atom. The summed E-state index contributed by atoms with van der Waals surface area (Å²) in [5, 5.41) is 0. The monoisotopic (exact) mass is 289 g/mol. The molecule has 0 aliphatic carbocycles. The normalized spacial score (nSPS) is 10.2. The van der Waals surface area contributed by atoms with Gasteiger partial charge in [-0.3, -0.25) is 0 Å². The molecule has 0 radical (unpaired) electrons. The topological polar surface area (TPSA) is 61.5 Å². The van der Waals surface area contributed by atoms with E-state index < -0.39 is 5.97 Å². The Balaban J connectivity index is 2.16. The zero-order valence-electron chi connectivity index (χ0n) is 11.6. The molecule has 2 aromatic carbocycles. The third-order valence-corrected chi connectivity index (χ3v) is 2.81. The highest BCUT2D eigenvalue weighted by Crippen LogP contribution is 2.24. The fourth-order valence-electron chi connectivity index (χ4n) is 1.78. The molecule has 2 N–H and O–H groups in total. The van der Waals surface area contributed by atoms with Gasteiger partial charge >= 0.3 is 5.97 Å². The second-order valence-electron chi connectivity index (χ2n) is 4.39. The van der Waals surface area contributed by atoms with Crippen molar-refractivity contribution in [2.24, 2.45) is 0 Å². The van der Waals surface area contributed by atoms with Crippen LogP contribution in [0.25, 0.3) is 0 Å². The third kappa shape index (κ3) is 3.95. The van der Waals surface area contributed by atoms with Crippen molar-refractivity contribution in [2.75, 3.05) is 12.3 Å². The average Bonchev–Trinajstić information content (AvgIpc) is 2.47. The predicted molar refractivity (Wildman–Crippen MR) is 77.5 cm³/mol. The summed E-state index contributed by atoms with van der Waals surface area (Å²) in [5.74, 6) is -0.431. The highest BCUT2D eigenvalue weighted by molar-refractivity contribution is 5.93. The first-order chi connectivity index (χ1) is 10.1.